The molecule has 0 spiro atoms. The van der Waals surface area contributed by atoms with Crippen LogP contribution in [0.2, 0.25) is 0 Å². The minimum absolute atomic E-state index is 0.103. The summed E-state index contributed by atoms with van der Waals surface area (Å²) in [5.74, 6) is 0.107. The summed E-state index contributed by atoms with van der Waals surface area (Å²) in [7, 11) is -3.00. The molecular formula is C15H30N2O4S. The Labute approximate surface area is 134 Å². The van der Waals surface area contributed by atoms with Crippen molar-refractivity contribution in [1.29, 1.82) is 0 Å². The largest absolute Gasteiger partial charge is 0.444 e. The lowest BCUT2D eigenvalue weighted by atomic mass is 10.1. The number of nitrogens with one attached hydrogen (secondary N) is 1. The van der Waals surface area contributed by atoms with Gasteiger partial charge in [0, 0.05) is 31.4 Å². The molecule has 1 rings (SSSR count). The van der Waals surface area contributed by atoms with E-state index in [1.54, 1.807) is 4.90 Å². The number of hydrogen-bond acceptors (Lipinski definition) is 5. The summed E-state index contributed by atoms with van der Waals surface area (Å²) < 4.78 is 28.1. The standard InChI is InChI=1S/C15H30N2O4S/c1-12(11-22(5,19)20)16-13-8-6-7-9-17(10-13)14(18)21-15(2,3)4/h12-13,16H,6-11H2,1-5H3. The topological polar surface area (TPSA) is 75.7 Å². The normalized spacial score (nSPS) is 22.0. The number of carbonyl (C=O) groups excluding carboxylic acids is 1. The zero-order valence-corrected chi connectivity index (χ0v) is 15.2. The van der Waals surface area contributed by atoms with Crippen LogP contribution in [0.1, 0.15) is 47.0 Å². The molecule has 0 saturated carbocycles. The van der Waals surface area contributed by atoms with Crippen molar-refractivity contribution >= 4 is 15.9 Å². The zero-order valence-electron chi connectivity index (χ0n) is 14.4. The van der Waals surface area contributed by atoms with E-state index < -0.39 is 15.4 Å². The van der Waals surface area contributed by atoms with Crippen LogP contribution in [0.3, 0.4) is 0 Å². The third kappa shape index (κ3) is 7.98. The van der Waals surface area contributed by atoms with Crippen molar-refractivity contribution < 1.29 is 17.9 Å². The van der Waals surface area contributed by atoms with Crippen LogP contribution in [0.5, 0.6) is 0 Å². The summed E-state index contributed by atoms with van der Waals surface area (Å²) in [6.45, 7) is 8.67. The lowest BCUT2D eigenvalue weighted by molar-refractivity contribution is 0.0242. The van der Waals surface area contributed by atoms with Gasteiger partial charge < -0.3 is 15.0 Å². The molecule has 0 aromatic heterocycles. The highest BCUT2D eigenvalue weighted by Gasteiger charge is 2.27. The van der Waals surface area contributed by atoms with Gasteiger partial charge in [0.15, 0.2) is 0 Å². The van der Waals surface area contributed by atoms with Crippen LogP contribution in [-0.4, -0.2) is 62.2 Å². The van der Waals surface area contributed by atoms with E-state index in [2.05, 4.69) is 5.32 Å². The molecule has 1 aliphatic rings. The Bertz CT molecular complexity index is 470. The van der Waals surface area contributed by atoms with Gasteiger partial charge in [-0.05, 0) is 40.5 Å². The summed E-state index contributed by atoms with van der Waals surface area (Å²) in [5, 5.41) is 3.33. The number of nitrogens with zero attached hydrogens (tertiary/aromatic N) is 1. The number of hydrogen-bond donors (Lipinski definition) is 1. The average Bonchev–Trinajstić information content (AvgIpc) is 2.49. The minimum atomic E-state index is -3.00. The van der Waals surface area contributed by atoms with E-state index in [0.29, 0.717) is 13.1 Å². The summed E-state index contributed by atoms with van der Waals surface area (Å²) in [6.07, 6.45) is 3.84. The fraction of sp³-hybridized carbons (Fsp3) is 0.933. The second-order valence-electron chi connectivity index (χ2n) is 7.28. The quantitative estimate of drug-likeness (QED) is 0.848. The summed E-state index contributed by atoms with van der Waals surface area (Å²) >= 11 is 0. The van der Waals surface area contributed by atoms with E-state index in [1.807, 2.05) is 27.7 Å². The Hall–Kier alpha value is -0.820. The number of likely N-dealkylation sites (tertiary alicyclic amines) is 1. The summed E-state index contributed by atoms with van der Waals surface area (Å²) in [6, 6.07) is -0.0228. The molecule has 130 valence electrons. The Balaban J connectivity index is 2.60. The van der Waals surface area contributed by atoms with E-state index in [-0.39, 0.29) is 23.9 Å². The fourth-order valence-corrected chi connectivity index (χ4v) is 3.68. The van der Waals surface area contributed by atoms with Crippen LogP contribution in [0, 0.1) is 0 Å². The van der Waals surface area contributed by atoms with Crippen molar-refractivity contribution in [3.63, 3.8) is 0 Å². The molecule has 1 saturated heterocycles. The number of ether oxygens (including phenoxy) is 1. The lowest BCUT2D eigenvalue weighted by Gasteiger charge is -2.29. The molecule has 0 bridgehead atoms. The Morgan fingerprint density at radius 3 is 2.55 bits per heavy atom. The molecule has 6 nitrogen and oxygen atoms in total. The molecule has 1 aliphatic heterocycles. The van der Waals surface area contributed by atoms with Crippen molar-refractivity contribution in [3.05, 3.63) is 0 Å². The average molecular weight is 334 g/mol. The number of carbonyl (C=O) groups is 1. The second-order valence-corrected chi connectivity index (χ2v) is 9.46. The highest BCUT2D eigenvalue weighted by molar-refractivity contribution is 7.90. The van der Waals surface area contributed by atoms with Crippen molar-refractivity contribution in [2.24, 2.45) is 0 Å². The van der Waals surface area contributed by atoms with Crippen LogP contribution in [0.4, 0.5) is 4.79 Å². The van der Waals surface area contributed by atoms with E-state index >= 15 is 0 Å². The maximum atomic E-state index is 12.2. The van der Waals surface area contributed by atoms with Crippen molar-refractivity contribution in [1.82, 2.24) is 10.2 Å². The van der Waals surface area contributed by atoms with Crippen LogP contribution in [-0.2, 0) is 14.6 Å². The number of rotatable bonds is 4. The van der Waals surface area contributed by atoms with Gasteiger partial charge in [-0.2, -0.15) is 0 Å². The molecule has 1 fully saturated rings. The van der Waals surface area contributed by atoms with Crippen LogP contribution >= 0.6 is 0 Å². The lowest BCUT2D eigenvalue weighted by Crippen LogP contribution is -2.48. The van der Waals surface area contributed by atoms with Crippen molar-refractivity contribution in [2.45, 2.75) is 64.6 Å². The maximum Gasteiger partial charge on any atom is 0.410 e. The molecule has 0 aromatic rings. The molecule has 2 atom stereocenters. The van der Waals surface area contributed by atoms with Gasteiger partial charge in [0.1, 0.15) is 15.4 Å². The van der Waals surface area contributed by atoms with Crippen LogP contribution in [0.15, 0.2) is 0 Å². The molecule has 0 aliphatic carbocycles. The SMILES string of the molecule is CC(CS(C)(=O)=O)NC1CCCCN(C(=O)OC(C)(C)C)C1. The highest BCUT2D eigenvalue weighted by Crippen LogP contribution is 2.16. The van der Waals surface area contributed by atoms with Gasteiger partial charge in [-0.1, -0.05) is 6.42 Å². The molecular weight excluding hydrogens is 304 g/mol. The van der Waals surface area contributed by atoms with Crippen molar-refractivity contribution in [3.8, 4) is 0 Å². The fourth-order valence-electron chi connectivity index (χ4n) is 2.67. The maximum absolute atomic E-state index is 12.2. The second kappa shape index (κ2) is 7.64. The van der Waals surface area contributed by atoms with E-state index in [4.69, 9.17) is 4.74 Å². The minimum Gasteiger partial charge on any atom is -0.444 e. The van der Waals surface area contributed by atoms with Gasteiger partial charge in [-0.25, -0.2) is 13.2 Å². The predicted molar refractivity (Wildman–Crippen MR) is 87.8 cm³/mol. The first-order valence-electron chi connectivity index (χ1n) is 7.88. The third-order valence-corrected chi connectivity index (χ3v) is 4.50. The van der Waals surface area contributed by atoms with Gasteiger partial charge in [0.2, 0.25) is 0 Å². The molecule has 2 unspecified atom stereocenters. The first-order valence-corrected chi connectivity index (χ1v) is 9.94. The van der Waals surface area contributed by atoms with E-state index in [1.165, 1.54) is 6.26 Å². The Kier molecular flexibility index (Phi) is 6.67. The Morgan fingerprint density at radius 1 is 1.36 bits per heavy atom. The smallest absolute Gasteiger partial charge is 0.410 e. The van der Waals surface area contributed by atoms with Crippen molar-refractivity contribution in [2.75, 3.05) is 25.1 Å². The van der Waals surface area contributed by atoms with Gasteiger partial charge in [0.25, 0.3) is 0 Å². The van der Waals surface area contributed by atoms with Crippen LogP contribution in [0.25, 0.3) is 0 Å². The molecule has 7 heteroatoms. The van der Waals surface area contributed by atoms with E-state index in [9.17, 15) is 13.2 Å². The monoisotopic (exact) mass is 334 g/mol. The predicted octanol–water partition coefficient (Wildman–Crippen LogP) is 1.80. The number of sulfone groups is 1. The van der Waals surface area contributed by atoms with E-state index in [0.717, 1.165) is 19.3 Å². The zero-order chi connectivity index (χ0) is 17.0. The van der Waals surface area contributed by atoms with Gasteiger partial charge in [-0.15, -0.1) is 0 Å². The molecule has 1 heterocycles. The Morgan fingerprint density at radius 2 is 2.00 bits per heavy atom. The molecule has 22 heavy (non-hydrogen) atoms. The summed E-state index contributed by atoms with van der Waals surface area (Å²) in [4.78, 5) is 13.9. The first kappa shape index (κ1) is 19.2. The summed E-state index contributed by atoms with van der Waals surface area (Å²) in [5.41, 5.74) is -0.504. The van der Waals surface area contributed by atoms with Gasteiger partial charge >= 0.3 is 6.09 Å². The first-order chi connectivity index (χ1) is 9.96. The van der Waals surface area contributed by atoms with Gasteiger partial charge in [0.05, 0.1) is 5.75 Å². The third-order valence-electron chi connectivity index (χ3n) is 3.40. The van der Waals surface area contributed by atoms with Gasteiger partial charge in [-0.3, -0.25) is 0 Å². The number of amides is 1. The van der Waals surface area contributed by atoms with Crippen LogP contribution < -0.4 is 5.32 Å². The molecule has 1 amide bonds. The molecule has 1 N–H and O–H groups in total. The molecule has 0 aromatic carbocycles. The highest BCUT2D eigenvalue weighted by atomic mass is 32.2. The molecule has 0 radical (unpaired) electrons.